The van der Waals surface area contributed by atoms with Crippen molar-refractivity contribution in [2.75, 3.05) is 6.54 Å². The molecule has 92 valence electrons. The standard InChI is InChI=1S/C12H12Cl2FNO/c13-12(14)7-10(12)11(17)16-6-5-8-1-3-9(15)4-2-8/h1-4,10H,5-7H2,(H,16,17). The van der Waals surface area contributed by atoms with Gasteiger partial charge in [0, 0.05) is 6.54 Å². The van der Waals surface area contributed by atoms with Crippen molar-refractivity contribution < 1.29 is 9.18 Å². The zero-order valence-electron chi connectivity index (χ0n) is 9.05. The molecular weight excluding hydrogens is 264 g/mol. The Bertz CT molecular complexity index is 419. The van der Waals surface area contributed by atoms with E-state index in [1.165, 1.54) is 12.1 Å². The summed E-state index contributed by atoms with van der Waals surface area (Å²) in [5.41, 5.74) is 0.977. The average molecular weight is 276 g/mol. The van der Waals surface area contributed by atoms with Crippen LogP contribution in [0.1, 0.15) is 12.0 Å². The van der Waals surface area contributed by atoms with Gasteiger partial charge in [0.25, 0.3) is 0 Å². The average Bonchev–Trinajstić information content (AvgIpc) is 2.91. The van der Waals surface area contributed by atoms with Crippen molar-refractivity contribution in [1.82, 2.24) is 5.32 Å². The van der Waals surface area contributed by atoms with Crippen molar-refractivity contribution in [1.29, 1.82) is 0 Å². The molecule has 5 heteroatoms. The lowest BCUT2D eigenvalue weighted by molar-refractivity contribution is -0.122. The van der Waals surface area contributed by atoms with E-state index in [0.29, 0.717) is 19.4 Å². The molecule has 2 nitrogen and oxygen atoms in total. The van der Waals surface area contributed by atoms with Crippen LogP contribution < -0.4 is 5.32 Å². The summed E-state index contributed by atoms with van der Waals surface area (Å²) >= 11 is 11.6. The molecule has 1 aromatic carbocycles. The third-order valence-corrected chi connectivity index (χ3v) is 3.60. The summed E-state index contributed by atoms with van der Waals surface area (Å²) in [6, 6.07) is 6.21. The monoisotopic (exact) mass is 275 g/mol. The molecule has 1 amide bonds. The number of hydrogen-bond acceptors (Lipinski definition) is 1. The van der Waals surface area contributed by atoms with E-state index in [-0.39, 0.29) is 17.6 Å². The van der Waals surface area contributed by atoms with Gasteiger partial charge in [0.1, 0.15) is 10.2 Å². The van der Waals surface area contributed by atoms with Gasteiger partial charge >= 0.3 is 0 Å². The van der Waals surface area contributed by atoms with Gasteiger partial charge in [-0.15, -0.1) is 23.2 Å². The molecule has 0 radical (unpaired) electrons. The highest BCUT2D eigenvalue weighted by atomic mass is 35.5. The van der Waals surface area contributed by atoms with E-state index < -0.39 is 4.33 Å². The van der Waals surface area contributed by atoms with Crippen LogP contribution in [0.2, 0.25) is 0 Å². The van der Waals surface area contributed by atoms with Gasteiger partial charge in [-0.3, -0.25) is 4.79 Å². The summed E-state index contributed by atoms with van der Waals surface area (Å²) < 4.78 is 11.8. The number of amides is 1. The Morgan fingerprint density at radius 1 is 1.41 bits per heavy atom. The number of carbonyl (C=O) groups is 1. The fourth-order valence-electron chi connectivity index (χ4n) is 1.60. The number of halogens is 3. The Balaban J connectivity index is 1.73. The Kier molecular flexibility index (Phi) is 3.59. The van der Waals surface area contributed by atoms with Gasteiger partial charge in [0.2, 0.25) is 5.91 Å². The number of alkyl halides is 2. The van der Waals surface area contributed by atoms with Crippen molar-refractivity contribution in [3.63, 3.8) is 0 Å². The van der Waals surface area contributed by atoms with E-state index in [1.807, 2.05) is 0 Å². The summed E-state index contributed by atoms with van der Waals surface area (Å²) in [4.78, 5) is 11.5. The Morgan fingerprint density at radius 3 is 2.53 bits per heavy atom. The van der Waals surface area contributed by atoms with Crippen LogP contribution in [0.4, 0.5) is 4.39 Å². The minimum atomic E-state index is -0.875. The quantitative estimate of drug-likeness (QED) is 0.842. The second-order valence-electron chi connectivity index (χ2n) is 4.19. The molecule has 2 rings (SSSR count). The van der Waals surface area contributed by atoms with Crippen LogP contribution in [-0.4, -0.2) is 16.8 Å². The summed E-state index contributed by atoms with van der Waals surface area (Å²) in [5, 5.41) is 2.76. The first-order valence-corrected chi connectivity index (χ1v) is 6.14. The molecule has 1 aromatic rings. The maximum absolute atomic E-state index is 12.6. The minimum Gasteiger partial charge on any atom is -0.355 e. The van der Waals surface area contributed by atoms with E-state index in [2.05, 4.69) is 5.32 Å². The SMILES string of the molecule is O=C(NCCc1ccc(F)cc1)C1CC1(Cl)Cl. The topological polar surface area (TPSA) is 29.1 Å². The second kappa shape index (κ2) is 4.83. The second-order valence-corrected chi connectivity index (χ2v) is 5.73. The third kappa shape index (κ3) is 3.33. The van der Waals surface area contributed by atoms with Crippen LogP contribution in [0.5, 0.6) is 0 Å². The molecule has 1 atom stereocenters. The van der Waals surface area contributed by atoms with E-state index in [4.69, 9.17) is 23.2 Å². The first-order valence-electron chi connectivity index (χ1n) is 5.39. The number of hydrogen-bond donors (Lipinski definition) is 1. The maximum Gasteiger partial charge on any atom is 0.226 e. The molecule has 0 heterocycles. The van der Waals surface area contributed by atoms with Crippen molar-refractivity contribution in [2.24, 2.45) is 5.92 Å². The van der Waals surface area contributed by atoms with Crippen LogP contribution >= 0.6 is 23.2 Å². The van der Waals surface area contributed by atoms with Crippen LogP contribution in [0, 0.1) is 11.7 Å². The first-order chi connectivity index (χ1) is 7.99. The van der Waals surface area contributed by atoms with Gasteiger partial charge in [-0.1, -0.05) is 12.1 Å². The molecule has 1 fully saturated rings. The lowest BCUT2D eigenvalue weighted by Gasteiger charge is -2.05. The zero-order valence-corrected chi connectivity index (χ0v) is 10.6. The van der Waals surface area contributed by atoms with Crippen LogP contribution in [0.25, 0.3) is 0 Å². The molecular formula is C12H12Cl2FNO. The molecule has 0 aromatic heterocycles. The van der Waals surface area contributed by atoms with Crippen molar-refractivity contribution in [2.45, 2.75) is 17.2 Å². The molecule has 1 saturated carbocycles. The molecule has 1 aliphatic carbocycles. The molecule has 0 bridgehead atoms. The predicted octanol–water partition coefficient (Wildman–Crippen LogP) is 2.68. The fourth-order valence-corrected chi connectivity index (χ4v) is 2.11. The van der Waals surface area contributed by atoms with E-state index in [1.54, 1.807) is 12.1 Å². The van der Waals surface area contributed by atoms with Gasteiger partial charge in [-0.05, 0) is 30.5 Å². The van der Waals surface area contributed by atoms with E-state index >= 15 is 0 Å². The van der Waals surface area contributed by atoms with Gasteiger partial charge in [0.05, 0.1) is 5.92 Å². The first kappa shape index (κ1) is 12.7. The highest BCUT2D eigenvalue weighted by molar-refractivity contribution is 6.52. The summed E-state index contributed by atoms with van der Waals surface area (Å²) in [5.74, 6) is -0.666. The molecule has 0 spiro atoms. The lowest BCUT2D eigenvalue weighted by atomic mass is 10.1. The summed E-state index contributed by atoms with van der Waals surface area (Å²) in [6.07, 6.45) is 1.18. The Morgan fingerprint density at radius 2 is 2.00 bits per heavy atom. The molecule has 1 unspecified atom stereocenters. The van der Waals surface area contributed by atoms with E-state index in [9.17, 15) is 9.18 Å². The highest BCUT2D eigenvalue weighted by Crippen LogP contribution is 2.53. The van der Waals surface area contributed by atoms with Gasteiger partial charge < -0.3 is 5.32 Å². The van der Waals surface area contributed by atoms with Crippen molar-refractivity contribution in [3.8, 4) is 0 Å². The summed E-state index contributed by atoms with van der Waals surface area (Å²) in [6.45, 7) is 0.505. The fraction of sp³-hybridized carbons (Fsp3) is 0.417. The van der Waals surface area contributed by atoms with Crippen LogP contribution in [0.3, 0.4) is 0 Å². The molecule has 17 heavy (non-hydrogen) atoms. The maximum atomic E-state index is 12.6. The van der Waals surface area contributed by atoms with Gasteiger partial charge in [-0.2, -0.15) is 0 Å². The number of nitrogens with one attached hydrogen (secondary N) is 1. The Hall–Kier alpha value is -0.800. The molecule has 0 saturated heterocycles. The van der Waals surface area contributed by atoms with Gasteiger partial charge in [-0.25, -0.2) is 4.39 Å². The molecule has 1 N–H and O–H groups in total. The van der Waals surface area contributed by atoms with Crippen LogP contribution in [0.15, 0.2) is 24.3 Å². The highest BCUT2D eigenvalue weighted by Gasteiger charge is 2.56. The largest absolute Gasteiger partial charge is 0.355 e. The Labute approximate surface area is 109 Å². The van der Waals surface area contributed by atoms with Crippen molar-refractivity contribution in [3.05, 3.63) is 35.6 Å². The minimum absolute atomic E-state index is 0.114. The predicted molar refractivity (Wildman–Crippen MR) is 65.7 cm³/mol. The number of benzene rings is 1. The number of rotatable bonds is 4. The zero-order chi connectivity index (χ0) is 12.5. The summed E-state index contributed by atoms with van der Waals surface area (Å²) in [7, 11) is 0. The van der Waals surface area contributed by atoms with Crippen molar-refractivity contribution >= 4 is 29.1 Å². The molecule has 1 aliphatic rings. The smallest absolute Gasteiger partial charge is 0.226 e. The number of carbonyl (C=O) groups excluding carboxylic acids is 1. The molecule has 0 aliphatic heterocycles. The lowest BCUT2D eigenvalue weighted by Crippen LogP contribution is -2.28. The third-order valence-electron chi connectivity index (χ3n) is 2.77. The van der Waals surface area contributed by atoms with Crippen LogP contribution in [-0.2, 0) is 11.2 Å². The normalized spacial score (nSPS) is 21.0. The van der Waals surface area contributed by atoms with Gasteiger partial charge in [0.15, 0.2) is 0 Å². The van der Waals surface area contributed by atoms with E-state index in [0.717, 1.165) is 5.56 Å².